The molecule has 6 heteroatoms. The van der Waals surface area contributed by atoms with Gasteiger partial charge in [-0.25, -0.2) is 12.7 Å². The van der Waals surface area contributed by atoms with Crippen LogP contribution in [0.3, 0.4) is 0 Å². The van der Waals surface area contributed by atoms with Crippen LogP contribution in [0, 0.1) is 5.92 Å². The molecule has 2 aliphatic rings. The zero-order valence-corrected chi connectivity index (χ0v) is 17.7. The van der Waals surface area contributed by atoms with Crippen molar-refractivity contribution in [3.8, 4) is 5.75 Å². The molecule has 0 spiro atoms. The van der Waals surface area contributed by atoms with Gasteiger partial charge in [-0.3, -0.25) is 4.79 Å². The SMILES string of the molecule is CC1(C)Oc2ccccc2C(=O)C1C(CS(=O)(=O)N1CCCC1)c1ccccc1. The number of benzene rings is 2. The van der Waals surface area contributed by atoms with E-state index in [1.807, 2.05) is 56.3 Å². The summed E-state index contributed by atoms with van der Waals surface area (Å²) in [6.45, 7) is 4.88. The van der Waals surface area contributed by atoms with Gasteiger partial charge in [-0.05, 0) is 44.4 Å². The second-order valence-electron chi connectivity index (χ2n) is 8.45. The number of ketones is 1. The molecular weight excluding hydrogens is 386 g/mol. The number of para-hydroxylation sites is 1. The number of fused-ring (bicyclic) bond motifs is 1. The smallest absolute Gasteiger partial charge is 0.214 e. The van der Waals surface area contributed by atoms with Gasteiger partial charge < -0.3 is 4.74 Å². The summed E-state index contributed by atoms with van der Waals surface area (Å²) in [6.07, 6.45) is 1.78. The first kappa shape index (κ1) is 20.1. The average Bonchev–Trinajstić information content (AvgIpc) is 3.23. The Bertz CT molecular complexity index is 995. The normalized spacial score (nSPS) is 22.7. The van der Waals surface area contributed by atoms with Crippen LogP contribution in [0.2, 0.25) is 0 Å². The summed E-state index contributed by atoms with van der Waals surface area (Å²) in [6, 6.07) is 16.7. The molecule has 2 heterocycles. The van der Waals surface area contributed by atoms with Crippen molar-refractivity contribution >= 4 is 15.8 Å². The van der Waals surface area contributed by atoms with Crippen molar-refractivity contribution < 1.29 is 17.9 Å². The van der Waals surface area contributed by atoms with Crippen molar-refractivity contribution in [1.82, 2.24) is 4.31 Å². The Morgan fingerprint density at radius 1 is 1.03 bits per heavy atom. The first-order chi connectivity index (χ1) is 13.8. The fraction of sp³-hybridized carbons (Fsp3) is 0.435. The molecule has 2 unspecified atom stereocenters. The molecule has 1 saturated heterocycles. The highest BCUT2D eigenvalue weighted by Crippen LogP contribution is 2.44. The Morgan fingerprint density at radius 3 is 2.34 bits per heavy atom. The molecule has 5 nitrogen and oxygen atoms in total. The lowest BCUT2D eigenvalue weighted by molar-refractivity contribution is 0.0192. The van der Waals surface area contributed by atoms with Gasteiger partial charge in [0.15, 0.2) is 5.78 Å². The lowest BCUT2D eigenvalue weighted by Crippen LogP contribution is -2.50. The number of hydrogen-bond acceptors (Lipinski definition) is 4. The monoisotopic (exact) mass is 413 g/mol. The minimum Gasteiger partial charge on any atom is -0.486 e. The van der Waals surface area contributed by atoms with Gasteiger partial charge in [0.25, 0.3) is 0 Å². The summed E-state index contributed by atoms with van der Waals surface area (Å²) < 4.78 is 34.2. The molecule has 0 bridgehead atoms. The van der Waals surface area contributed by atoms with E-state index < -0.39 is 27.5 Å². The summed E-state index contributed by atoms with van der Waals surface area (Å²) in [4.78, 5) is 13.6. The van der Waals surface area contributed by atoms with Gasteiger partial charge in [0.05, 0.1) is 17.2 Å². The van der Waals surface area contributed by atoms with Crippen LogP contribution in [0.5, 0.6) is 5.75 Å². The number of ether oxygens (including phenoxy) is 1. The van der Waals surface area contributed by atoms with Gasteiger partial charge in [0.2, 0.25) is 10.0 Å². The van der Waals surface area contributed by atoms with Crippen molar-refractivity contribution in [2.75, 3.05) is 18.8 Å². The number of sulfonamides is 1. The van der Waals surface area contributed by atoms with Crippen molar-refractivity contribution in [3.63, 3.8) is 0 Å². The van der Waals surface area contributed by atoms with E-state index >= 15 is 0 Å². The van der Waals surface area contributed by atoms with Crippen LogP contribution in [0.4, 0.5) is 0 Å². The van der Waals surface area contributed by atoms with E-state index in [1.165, 1.54) is 0 Å². The first-order valence-corrected chi connectivity index (χ1v) is 11.8. The molecule has 0 amide bonds. The molecule has 2 aliphatic heterocycles. The van der Waals surface area contributed by atoms with E-state index in [2.05, 4.69) is 0 Å². The van der Waals surface area contributed by atoms with Crippen LogP contribution in [0.1, 0.15) is 48.5 Å². The fourth-order valence-electron chi connectivity index (χ4n) is 4.64. The van der Waals surface area contributed by atoms with Gasteiger partial charge in [-0.2, -0.15) is 0 Å². The first-order valence-electron chi connectivity index (χ1n) is 10.1. The van der Waals surface area contributed by atoms with Crippen LogP contribution in [-0.4, -0.2) is 42.9 Å². The Balaban J connectivity index is 1.78. The standard InChI is InChI=1S/C23H27NO4S/c1-23(2)21(22(25)18-12-6-7-13-20(18)28-23)19(17-10-4-3-5-11-17)16-29(26,27)24-14-8-9-15-24/h3-7,10-13,19,21H,8-9,14-16H2,1-2H3. The van der Waals surface area contributed by atoms with Gasteiger partial charge in [-0.1, -0.05) is 42.5 Å². The maximum absolute atomic E-state index is 13.6. The van der Waals surface area contributed by atoms with Gasteiger partial charge in [-0.15, -0.1) is 0 Å². The maximum atomic E-state index is 13.6. The Hall–Kier alpha value is -2.18. The zero-order chi connectivity index (χ0) is 20.6. The van der Waals surface area contributed by atoms with E-state index in [1.54, 1.807) is 16.4 Å². The third kappa shape index (κ3) is 3.83. The van der Waals surface area contributed by atoms with E-state index in [9.17, 15) is 13.2 Å². The van der Waals surface area contributed by atoms with Crippen LogP contribution in [-0.2, 0) is 10.0 Å². The largest absolute Gasteiger partial charge is 0.486 e. The third-order valence-corrected chi connectivity index (χ3v) is 7.97. The minimum absolute atomic E-state index is 0.0534. The highest BCUT2D eigenvalue weighted by molar-refractivity contribution is 7.89. The van der Waals surface area contributed by atoms with Gasteiger partial charge >= 0.3 is 0 Å². The maximum Gasteiger partial charge on any atom is 0.214 e. The van der Waals surface area contributed by atoms with Crippen LogP contribution >= 0.6 is 0 Å². The van der Waals surface area contributed by atoms with Crippen molar-refractivity contribution in [2.45, 2.75) is 38.2 Å². The molecular formula is C23H27NO4S. The molecule has 1 fully saturated rings. The van der Waals surface area contributed by atoms with Crippen LogP contribution < -0.4 is 4.74 Å². The average molecular weight is 414 g/mol. The second-order valence-corrected chi connectivity index (χ2v) is 10.5. The number of rotatable bonds is 5. The number of Topliss-reactive ketones (excluding diaryl/α,β-unsaturated/α-hetero) is 1. The summed E-state index contributed by atoms with van der Waals surface area (Å²) >= 11 is 0. The highest BCUT2D eigenvalue weighted by atomic mass is 32.2. The number of carbonyl (C=O) groups excluding carboxylic acids is 1. The molecule has 29 heavy (non-hydrogen) atoms. The summed E-state index contributed by atoms with van der Waals surface area (Å²) in [7, 11) is -3.48. The predicted octanol–water partition coefficient (Wildman–Crippen LogP) is 3.87. The van der Waals surface area contributed by atoms with E-state index in [-0.39, 0.29) is 11.5 Å². The molecule has 2 aromatic carbocycles. The van der Waals surface area contributed by atoms with Crippen molar-refractivity contribution in [2.24, 2.45) is 5.92 Å². The lowest BCUT2D eigenvalue weighted by Gasteiger charge is -2.43. The fourth-order valence-corrected chi connectivity index (χ4v) is 6.50. The number of hydrogen-bond donors (Lipinski definition) is 0. The Labute approximate surface area is 172 Å². The molecule has 154 valence electrons. The highest BCUT2D eigenvalue weighted by Gasteiger charge is 2.49. The minimum atomic E-state index is -3.48. The predicted molar refractivity (Wildman–Crippen MR) is 113 cm³/mol. The molecule has 0 saturated carbocycles. The van der Waals surface area contributed by atoms with Crippen molar-refractivity contribution in [3.05, 3.63) is 65.7 Å². The van der Waals surface area contributed by atoms with E-state index in [0.717, 1.165) is 18.4 Å². The molecule has 2 aromatic rings. The van der Waals surface area contributed by atoms with Crippen LogP contribution in [0.25, 0.3) is 0 Å². The topological polar surface area (TPSA) is 63.7 Å². The third-order valence-electron chi connectivity index (χ3n) is 6.04. The lowest BCUT2D eigenvalue weighted by atomic mass is 9.72. The molecule has 0 aromatic heterocycles. The summed E-state index contributed by atoms with van der Waals surface area (Å²) in [5, 5.41) is 0. The summed E-state index contributed by atoms with van der Waals surface area (Å²) in [5.41, 5.74) is 0.549. The van der Waals surface area contributed by atoms with Gasteiger partial charge in [0, 0.05) is 19.0 Å². The van der Waals surface area contributed by atoms with E-state index in [0.29, 0.717) is 24.4 Å². The quantitative estimate of drug-likeness (QED) is 0.747. The van der Waals surface area contributed by atoms with E-state index in [4.69, 9.17) is 4.74 Å². The van der Waals surface area contributed by atoms with Gasteiger partial charge in [0.1, 0.15) is 11.4 Å². The summed E-state index contributed by atoms with van der Waals surface area (Å²) in [5.74, 6) is -0.673. The second kappa shape index (κ2) is 7.58. The molecule has 0 radical (unpaired) electrons. The van der Waals surface area contributed by atoms with Crippen LogP contribution in [0.15, 0.2) is 54.6 Å². The molecule has 2 atom stereocenters. The number of nitrogens with zero attached hydrogens (tertiary/aromatic N) is 1. The molecule has 0 N–H and O–H groups in total. The Morgan fingerprint density at radius 2 is 1.66 bits per heavy atom. The Kier molecular flexibility index (Phi) is 5.25. The van der Waals surface area contributed by atoms with Crippen molar-refractivity contribution in [1.29, 1.82) is 0 Å². The molecule has 0 aliphatic carbocycles. The molecule has 4 rings (SSSR count). The number of carbonyl (C=O) groups is 1. The zero-order valence-electron chi connectivity index (χ0n) is 16.9.